The maximum Gasteiger partial charge on any atom is 0.167 e. The monoisotopic (exact) mass is 759 g/mol. The minimum atomic E-state index is -0.532. The fourth-order valence-corrected chi connectivity index (χ4v) is 8.61. The van der Waals surface area contributed by atoms with E-state index in [1.807, 2.05) is 91.0 Å². The minimum absolute atomic E-state index is 0.122. The maximum absolute atomic E-state index is 10.4. The number of furan rings is 1. The van der Waals surface area contributed by atoms with Gasteiger partial charge in [0.05, 0.1) is 51.8 Å². The molecule has 12 rings (SSSR count). The van der Waals surface area contributed by atoms with Crippen molar-refractivity contribution in [1.82, 2.24) is 24.1 Å². The van der Waals surface area contributed by atoms with E-state index in [-0.39, 0.29) is 23.0 Å². The Bertz CT molecular complexity index is 3970. The molecule has 0 bridgehead atoms. The van der Waals surface area contributed by atoms with E-state index in [2.05, 4.69) is 63.7 Å². The highest BCUT2D eigenvalue weighted by Gasteiger charge is 2.24. The van der Waals surface area contributed by atoms with Gasteiger partial charge in [-0.3, -0.25) is 0 Å². The van der Waals surface area contributed by atoms with Crippen molar-refractivity contribution in [2.75, 3.05) is 0 Å². The second-order valence-electron chi connectivity index (χ2n) is 14.3. The van der Waals surface area contributed by atoms with Crippen molar-refractivity contribution >= 4 is 65.6 Å². The lowest BCUT2D eigenvalue weighted by Gasteiger charge is -2.15. The van der Waals surface area contributed by atoms with Crippen LogP contribution < -0.4 is 0 Å². The molecule has 4 heterocycles. The van der Waals surface area contributed by atoms with Crippen molar-refractivity contribution in [1.29, 1.82) is 5.26 Å². The van der Waals surface area contributed by atoms with Crippen molar-refractivity contribution in [3.8, 4) is 51.6 Å². The molecule has 7 nitrogen and oxygen atoms in total. The first-order valence-corrected chi connectivity index (χ1v) is 19.1. The van der Waals surface area contributed by atoms with Gasteiger partial charge in [-0.05, 0) is 60.7 Å². The van der Waals surface area contributed by atoms with Gasteiger partial charge in [-0.25, -0.2) is 15.0 Å². The Hall–Kier alpha value is -8.34. The van der Waals surface area contributed by atoms with Crippen LogP contribution in [0.15, 0.2) is 186 Å². The molecular formula is C52H30N6O. The third-order valence-electron chi connectivity index (χ3n) is 11.1. The van der Waals surface area contributed by atoms with Crippen LogP contribution in [-0.4, -0.2) is 24.1 Å². The first kappa shape index (κ1) is 28.1. The molecule has 0 N–H and O–H groups in total. The Morgan fingerprint density at radius 3 is 2.02 bits per heavy atom. The molecule has 0 atom stereocenters. The van der Waals surface area contributed by atoms with E-state index < -0.39 is 30.2 Å². The van der Waals surface area contributed by atoms with E-state index in [0.717, 1.165) is 60.1 Å². The zero-order chi connectivity index (χ0) is 43.4. The molecule has 0 radical (unpaired) electrons. The van der Waals surface area contributed by atoms with Gasteiger partial charge in [0, 0.05) is 49.1 Å². The van der Waals surface area contributed by atoms with Crippen molar-refractivity contribution in [3.05, 3.63) is 187 Å². The normalized spacial score (nSPS) is 12.9. The van der Waals surface area contributed by atoms with Crippen molar-refractivity contribution < 1.29 is 11.3 Å². The van der Waals surface area contributed by atoms with E-state index in [4.69, 9.17) is 26.2 Å². The Kier molecular flexibility index (Phi) is 6.12. The first-order chi connectivity index (χ1) is 31.3. The molecule has 59 heavy (non-hydrogen) atoms. The van der Waals surface area contributed by atoms with Crippen LogP contribution in [0, 0.1) is 11.3 Å². The summed E-state index contributed by atoms with van der Waals surface area (Å²) in [6, 6.07) is 49.7. The van der Waals surface area contributed by atoms with Gasteiger partial charge >= 0.3 is 0 Å². The summed E-state index contributed by atoms with van der Waals surface area (Å²) in [5.74, 6) is 0.145. The second kappa shape index (κ2) is 12.8. The predicted molar refractivity (Wildman–Crippen MR) is 237 cm³/mol. The van der Waals surface area contributed by atoms with Gasteiger partial charge in [-0.2, -0.15) is 5.26 Å². The standard InChI is InChI=1S/C52H30N6O/c53-31-32-26-28-44(58-42-23-10-7-18-35(42)37-27-29-45-47(48(37)58)39-20-8-11-24-43(39)57(45)34-16-5-2-6-17-34)41(30-32)52-55-50(33-14-3-1-4-15-33)54-51(56-52)40-22-13-21-38-36-19-9-12-25-46(36)59-49(38)40/h1-30H/i1D,3D,4D,14D,15D. The fraction of sp³-hybridized carbons (Fsp3) is 0. The van der Waals surface area contributed by atoms with Crippen LogP contribution in [0.5, 0.6) is 0 Å². The third kappa shape index (κ3) is 4.97. The average Bonchev–Trinajstić information content (AvgIpc) is 4.00. The highest BCUT2D eigenvalue weighted by molar-refractivity contribution is 6.26. The molecule has 12 aromatic rings. The zero-order valence-electron chi connectivity index (χ0n) is 36.0. The maximum atomic E-state index is 10.4. The lowest BCUT2D eigenvalue weighted by molar-refractivity contribution is 0.669. The number of nitriles is 1. The number of rotatable bonds is 5. The third-order valence-corrected chi connectivity index (χ3v) is 11.1. The number of hydrogen-bond acceptors (Lipinski definition) is 5. The summed E-state index contributed by atoms with van der Waals surface area (Å²) in [6.07, 6.45) is 0. The van der Waals surface area contributed by atoms with Crippen LogP contribution >= 0.6 is 0 Å². The molecule has 0 saturated carbocycles. The summed E-state index contributed by atoms with van der Waals surface area (Å²) in [7, 11) is 0. The van der Waals surface area contributed by atoms with Gasteiger partial charge in [0.15, 0.2) is 17.5 Å². The van der Waals surface area contributed by atoms with Gasteiger partial charge in [0.2, 0.25) is 0 Å². The van der Waals surface area contributed by atoms with E-state index in [9.17, 15) is 5.26 Å². The van der Waals surface area contributed by atoms with E-state index >= 15 is 0 Å². The molecule has 0 aliphatic carbocycles. The lowest BCUT2D eigenvalue weighted by Crippen LogP contribution is -2.04. The molecular weight excluding hydrogens is 725 g/mol. The Morgan fingerprint density at radius 2 is 1.20 bits per heavy atom. The number of benzene rings is 8. The Morgan fingerprint density at radius 1 is 0.525 bits per heavy atom. The molecule has 0 unspecified atom stereocenters. The lowest BCUT2D eigenvalue weighted by atomic mass is 10.1. The highest BCUT2D eigenvalue weighted by atomic mass is 16.3. The molecule has 0 spiro atoms. The molecule has 0 fully saturated rings. The van der Waals surface area contributed by atoms with Crippen LogP contribution in [-0.2, 0) is 0 Å². The summed E-state index contributed by atoms with van der Waals surface area (Å²) in [5.41, 5.74) is 7.86. The van der Waals surface area contributed by atoms with Gasteiger partial charge in [0.25, 0.3) is 0 Å². The fourth-order valence-electron chi connectivity index (χ4n) is 8.61. The summed E-state index contributed by atoms with van der Waals surface area (Å²) < 4.78 is 54.4. The molecule has 4 aromatic heterocycles. The molecule has 8 aromatic carbocycles. The Labute approximate surface area is 344 Å². The number of hydrogen-bond donors (Lipinski definition) is 0. The summed E-state index contributed by atoms with van der Waals surface area (Å²) in [6.45, 7) is 0. The van der Waals surface area contributed by atoms with Crippen LogP contribution in [0.3, 0.4) is 0 Å². The topological polar surface area (TPSA) is 85.5 Å². The number of fused-ring (bicyclic) bond motifs is 10. The van der Waals surface area contributed by atoms with Crippen LogP contribution in [0.4, 0.5) is 0 Å². The molecule has 0 aliphatic heterocycles. The van der Waals surface area contributed by atoms with Crippen molar-refractivity contribution in [3.63, 3.8) is 0 Å². The quantitative estimate of drug-likeness (QED) is 0.174. The van der Waals surface area contributed by atoms with Crippen molar-refractivity contribution in [2.45, 2.75) is 0 Å². The SMILES string of the molecule is [2H]c1c([2H])c([2H])c(-c2nc(-c3cc(C#N)ccc3-n3c4ccccc4c4ccc5c(c6ccccc6n5-c5ccccc5)c43)nc(-c3cccc4c3oc3ccccc34)n2)c([2H])c1[2H]. The Balaban J connectivity index is 1.22. The summed E-state index contributed by atoms with van der Waals surface area (Å²) in [4.78, 5) is 15.0. The average molecular weight is 760 g/mol. The van der Waals surface area contributed by atoms with Crippen LogP contribution in [0.2, 0.25) is 0 Å². The minimum Gasteiger partial charge on any atom is -0.455 e. The van der Waals surface area contributed by atoms with Crippen LogP contribution in [0.25, 0.3) is 111 Å². The second-order valence-corrected chi connectivity index (χ2v) is 14.3. The molecule has 7 heteroatoms. The number of para-hydroxylation sites is 5. The van der Waals surface area contributed by atoms with Crippen LogP contribution in [0.1, 0.15) is 12.4 Å². The number of nitrogens with zero attached hydrogens (tertiary/aromatic N) is 6. The van der Waals surface area contributed by atoms with Gasteiger partial charge in [0.1, 0.15) is 11.2 Å². The molecule has 0 saturated heterocycles. The van der Waals surface area contributed by atoms with Gasteiger partial charge in [-0.15, -0.1) is 0 Å². The zero-order valence-corrected chi connectivity index (χ0v) is 31.0. The predicted octanol–water partition coefficient (Wildman–Crippen LogP) is 12.8. The molecule has 0 amide bonds. The van der Waals surface area contributed by atoms with Gasteiger partial charge < -0.3 is 13.6 Å². The summed E-state index contributed by atoms with van der Waals surface area (Å²) in [5, 5.41) is 16.3. The van der Waals surface area contributed by atoms with Gasteiger partial charge in [-0.1, -0.05) is 121 Å². The first-order valence-electron chi connectivity index (χ1n) is 21.6. The largest absolute Gasteiger partial charge is 0.455 e. The smallest absolute Gasteiger partial charge is 0.167 e. The molecule has 0 aliphatic rings. The highest BCUT2D eigenvalue weighted by Crippen LogP contribution is 2.44. The van der Waals surface area contributed by atoms with E-state index in [1.165, 1.54) is 0 Å². The molecule has 274 valence electrons. The number of aromatic nitrogens is 5. The van der Waals surface area contributed by atoms with E-state index in [0.29, 0.717) is 33.5 Å². The van der Waals surface area contributed by atoms with E-state index in [1.54, 1.807) is 12.1 Å². The van der Waals surface area contributed by atoms with Crippen molar-refractivity contribution in [2.24, 2.45) is 0 Å². The summed E-state index contributed by atoms with van der Waals surface area (Å²) >= 11 is 0.